The first-order valence-electron chi connectivity index (χ1n) is 12.6. The van der Waals surface area contributed by atoms with E-state index in [0.29, 0.717) is 6.54 Å². The highest BCUT2D eigenvalue weighted by Gasteiger charge is 2.22. The van der Waals surface area contributed by atoms with E-state index in [4.69, 9.17) is 9.98 Å². The summed E-state index contributed by atoms with van der Waals surface area (Å²) in [7, 11) is 0. The molecule has 1 aromatic heterocycles. The van der Waals surface area contributed by atoms with E-state index < -0.39 is 0 Å². The van der Waals surface area contributed by atoms with Crippen LogP contribution in [0.15, 0.2) is 71.8 Å². The minimum atomic E-state index is 0. The second-order valence-electron chi connectivity index (χ2n) is 9.26. The molecule has 1 aliphatic carbocycles. The Labute approximate surface area is 214 Å². The van der Waals surface area contributed by atoms with Gasteiger partial charge in [0.1, 0.15) is 0 Å². The maximum atomic E-state index is 4.74. The van der Waals surface area contributed by atoms with Crippen LogP contribution in [0.3, 0.4) is 0 Å². The second-order valence-corrected chi connectivity index (χ2v) is 9.26. The Hall–Kier alpha value is -3.18. The Bertz CT molecular complexity index is 1170. The normalized spacial score (nSPS) is 16.4. The number of hydrogen-bond acceptors (Lipinski definition) is 2. The van der Waals surface area contributed by atoms with Crippen molar-refractivity contribution in [1.82, 2.24) is 4.98 Å². The van der Waals surface area contributed by atoms with Gasteiger partial charge in [-0.05, 0) is 66.1 Å². The Morgan fingerprint density at radius 2 is 1.97 bits per heavy atom. The highest BCUT2D eigenvalue weighted by atomic mass is 14.8. The predicted molar refractivity (Wildman–Crippen MR) is 154 cm³/mol. The number of fused-ring (bicyclic) bond motifs is 1. The summed E-state index contributed by atoms with van der Waals surface area (Å²) in [5.41, 5.74) is 9.17. The smallest absolute Gasteiger partial charge is 0.0910 e. The molecule has 0 saturated heterocycles. The van der Waals surface area contributed by atoms with E-state index in [9.17, 15) is 0 Å². The highest BCUT2D eigenvalue weighted by molar-refractivity contribution is 6.32. The molecule has 0 saturated carbocycles. The van der Waals surface area contributed by atoms with Gasteiger partial charge in [0.25, 0.3) is 0 Å². The van der Waals surface area contributed by atoms with Crippen LogP contribution in [0.2, 0.25) is 0 Å². The van der Waals surface area contributed by atoms with Crippen molar-refractivity contribution in [2.75, 3.05) is 6.54 Å². The average Bonchev–Trinajstić information content (AvgIpc) is 3.24. The van der Waals surface area contributed by atoms with Gasteiger partial charge < -0.3 is 0 Å². The summed E-state index contributed by atoms with van der Waals surface area (Å²) in [5.74, 6) is 7.82. The van der Waals surface area contributed by atoms with E-state index >= 15 is 0 Å². The van der Waals surface area contributed by atoms with Crippen molar-refractivity contribution >= 4 is 11.3 Å². The molecule has 1 unspecified atom stereocenters. The minimum absolute atomic E-state index is 0. The predicted octanol–water partition coefficient (Wildman–Crippen LogP) is 8.52. The number of rotatable bonds is 6. The Morgan fingerprint density at radius 3 is 2.63 bits per heavy atom. The topological polar surface area (TPSA) is 25.2 Å². The molecule has 1 atom stereocenters. The van der Waals surface area contributed by atoms with E-state index in [2.05, 4.69) is 76.5 Å². The fourth-order valence-electron chi connectivity index (χ4n) is 4.08. The van der Waals surface area contributed by atoms with Crippen LogP contribution in [0.4, 0.5) is 0 Å². The first kappa shape index (κ1) is 28.1. The number of aliphatic imine (C=N–C) groups is 1. The molecule has 2 aliphatic rings. The van der Waals surface area contributed by atoms with Crippen molar-refractivity contribution < 1.29 is 0 Å². The third kappa shape index (κ3) is 7.15. The molecule has 2 nitrogen and oxygen atoms in total. The van der Waals surface area contributed by atoms with E-state index in [1.807, 2.05) is 31.2 Å². The van der Waals surface area contributed by atoms with Crippen molar-refractivity contribution in [2.24, 2.45) is 10.9 Å². The lowest BCUT2D eigenvalue weighted by Crippen LogP contribution is -2.07. The number of pyridine rings is 1. The van der Waals surface area contributed by atoms with Crippen molar-refractivity contribution in [3.63, 3.8) is 0 Å². The summed E-state index contributed by atoms with van der Waals surface area (Å²) in [6.07, 6.45) is 10.6. The summed E-state index contributed by atoms with van der Waals surface area (Å²) in [6, 6.07) is 12.9. The molecule has 0 spiro atoms. The summed E-state index contributed by atoms with van der Waals surface area (Å²) in [5, 5.41) is 0. The molecular formula is C33H42N2. The van der Waals surface area contributed by atoms with E-state index in [-0.39, 0.29) is 13.3 Å². The van der Waals surface area contributed by atoms with Crippen LogP contribution in [-0.4, -0.2) is 17.2 Å². The molecule has 184 valence electrons. The maximum absolute atomic E-state index is 4.74. The zero-order valence-corrected chi connectivity index (χ0v) is 21.5. The van der Waals surface area contributed by atoms with Crippen molar-refractivity contribution in [1.29, 1.82) is 0 Å². The van der Waals surface area contributed by atoms with Crippen molar-refractivity contribution in [3.05, 3.63) is 94.9 Å². The largest absolute Gasteiger partial charge is 0.278 e. The molecule has 2 aromatic rings. The van der Waals surface area contributed by atoms with Crippen molar-refractivity contribution in [2.45, 2.75) is 73.6 Å². The number of allylic oxidation sites excluding steroid dienone is 4. The molecule has 0 amide bonds. The van der Waals surface area contributed by atoms with Gasteiger partial charge in [-0.1, -0.05) is 90.5 Å². The van der Waals surface area contributed by atoms with Crippen LogP contribution in [0, 0.1) is 24.7 Å². The van der Waals surface area contributed by atoms with Gasteiger partial charge in [-0.15, -0.1) is 5.92 Å². The van der Waals surface area contributed by atoms with Crippen LogP contribution < -0.4 is 0 Å². The van der Waals surface area contributed by atoms with Gasteiger partial charge in [0.05, 0.1) is 23.9 Å². The van der Waals surface area contributed by atoms with Crippen LogP contribution in [0.1, 0.15) is 88.4 Å². The first-order chi connectivity index (χ1) is 16.5. The zero-order chi connectivity index (χ0) is 24.5. The molecule has 1 aliphatic heterocycles. The van der Waals surface area contributed by atoms with Crippen LogP contribution in [-0.2, 0) is 6.42 Å². The minimum Gasteiger partial charge on any atom is -0.278 e. The SMILES string of the molecule is C.C=C/C(=C\CC)C1C#CCCc2ccc(C3=CCN=C3c3cccc(C)n3)cc21.CCC(C)C. The third-order valence-corrected chi connectivity index (χ3v) is 6.29. The number of benzene rings is 1. The number of nitrogens with zero attached hydrogens (tertiary/aromatic N) is 2. The molecule has 0 N–H and O–H groups in total. The lowest BCUT2D eigenvalue weighted by atomic mass is 9.85. The quantitative estimate of drug-likeness (QED) is 0.309. The number of aromatic nitrogens is 1. The summed E-state index contributed by atoms with van der Waals surface area (Å²) >= 11 is 0. The Morgan fingerprint density at radius 1 is 1.20 bits per heavy atom. The highest BCUT2D eigenvalue weighted by Crippen LogP contribution is 2.34. The zero-order valence-electron chi connectivity index (χ0n) is 21.5. The summed E-state index contributed by atoms with van der Waals surface area (Å²) in [6.45, 7) is 15.6. The van der Waals surface area contributed by atoms with Gasteiger partial charge >= 0.3 is 0 Å². The standard InChI is InChI=1S/C27H26N2.C5H12.CH4/c1-4-9-20(5-2)23-12-7-6-11-21-14-15-22(18-25(21)23)24-16-17-28-27(24)26-13-8-10-19(3)29-26;1-4-5(2)3;/h5,8-10,13-16,18,23H,2,4,6,11,17H2,1,3H3;5H,4H2,1-3H3;1H4/b20-9+;;. The number of hydrogen-bond donors (Lipinski definition) is 0. The van der Waals surface area contributed by atoms with Gasteiger partial charge in [0.15, 0.2) is 0 Å². The molecule has 0 fully saturated rings. The molecule has 4 rings (SSSR count). The van der Waals surface area contributed by atoms with Gasteiger partial charge in [-0.25, -0.2) is 0 Å². The fourth-order valence-corrected chi connectivity index (χ4v) is 4.08. The molecule has 35 heavy (non-hydrogen) atoms. The number of aryl methyl sites for hydroxylation is 2. The van der Waals surface area contributed by atoms with Crippen molar-refractivity contribution in [3.8, 4) is 11.8 Å². The van der Waals surface area contributed by atoms with Gasteiger partial charge in [-0.2, -0.15) is 0 Å². The van der Waals surface area contributed by atoms with Gasteiger partial charge in [0.2, 0.25) is 0 Å². The van der Waals surface area contributed by atoms with Crippen LogP contribution in [0.5, 0.6) is 0 Å². The molecular weight excluding hydrogens is 424 g/mol. The summed E-state index contributed by atoms with van der Waals surface area (Å²) in [4.78, 5) is 9.44. The lowest BCUT2D eigenvalue weighted by molar-refractivity contribution is 0.626. The molecule has 2 heteroatoms. The molecule has 2 heterocycles. The third-order valence-electron chi connectivity index (χ3n) is 6.29. The van der Waals surface area contributed by atoms with E-state index in [1.165, 1.54) is 34.3 Å². The average molecular weight is 467 g/mol. The molecule has 0 bridgehead atoms. The maximum Gasteiger partial charge on any atom is 0.0910 e. The van der Waals surface area contributed by atoms with Crippen LogP contribution >= 0.6 is 0 Å². The first-order valence-corrected chi connectivity index (χ1v) is 12.6. The van der Waals surface area contributed by atoms with Gasteiger partial charge in [0, 0.05) is 17.7 Å². The Balaban J connectivity index is 0.000000656. The summed E-state index contributed by atoms with van der Waals surface area (Å²) < 4.78 is 0. The van der Waals surface area contributed by atoms with E-state index in [0.717, 1.165) is 42.3 Å². The second kappa shape index (κ2) is 13.6. The Kier molecular flexibility index (Phi) is 10.9. The monoisotopic (exact) mass is 466 g/mol. The fraction of sp³-hybridized carbons (Fsp3) is 0.394. The molecule has 1 aromatic carbocycles. The lowest BCUT2D eigenvalue weighted by Gasteiger charge is -2.18. The van der Waals surface area contributed by atoms with E-state index in [1.54, 1.807) is 0 Å². The van der Waals surface area contributed by atoms with Gasteiger partial charge in [-0.3, -0.25) is 9.98 Å². The van der Waals surface area contributed by atoms with Crippen LogP contribution in [0.25, 0.3) is 5.57 Å². The molecule has 0 radical (unpaired) electrons.